The second-order valence-corrected chi connectivity index (χ2v) is 3.46. The SMILES string of the molecule is CNC(C=O)N(OC)C(=O)C=Cc1ccccc1. The average molecular weight is 248 g/mol. The summed E-state index contributed by atoms with van der Waals surface area (Å²) in [4.78, 5) is 27.5. The fourth-order valence-corrected chi connectivity index (χ4v) is 1.39. The van der Waals surface area contributed by atoms with Crippen LogP contribution in [0.2, 0.25) is 0 Å². The summed E-state index contributed by atoms with van der Waals surface area (Å²) in [5.74, 6) is -0.409. The van der Waals surface area contributed by atoms with Crippen molar-refractivity contribution < 1.29 is 14.4 Å². The second-order valence-electron chi connectivity index (χ2n) is 3.46. The van der Waals surface area contributed by atoms with E-state index in [0.29, 0.717) is 6.29 Å². The topological polar surface area (TPSA) is 58.6 Å². The molecule has 0 bridgehead atoms. The third kappa shape index (κ3) is 3.80. The van der Waals surface area contributed by atoms with Gasteiger partial charge in [-0.25, -0.2) is 0 Å². The molecule has 0 aliphatic rings. The van der Waals surface area contributed by atoms with Gasteiger partial charge in [0.25, 0.3) is 5.91 Å². The highest BCUT2D eigenvalue weighted by atomic mass is 16.7. The Morgan fingerprint density at radius 1 is 1.39 bits per heavy atom. The van der Waals surface area contributed by atoms with E-state index in [1.165, 1.54) is 13.2 Å². The molecule has 18 heavy (non-hydrogen) atoms. The number of hydrogen-bond acceptors (Lipinski definition) is 4. The molecule has 0 heterocycles. The van der Waals surface area contributed by atoms with Gasteiger partial charge in [-0.15, -0.1) is 0 Å². The molecular formula is C13H16N2O3. The number of hydroxylamine groups is 2. The standard InChI is InChI=1S/C13H16N2O3/c1-14-12(10-16)15(18-2)13(17)9-8-11-6-4-3-5-7-11/h3-10,12,14H,1-2H3. The number of nitrogens with one attached hydrogen (secondary N) is 1. The molecule has 0 saturated heterocycles. The smallest absolute Gasteiger partial charge is 0.272 e. The molecule has 1 atom stereocenters. The number of hydrogen-bond donors (Lipinski definition) is 1. The van der Waals surface area contributed by atoms with E-state index in [0.717, 1.165) is 10.6 Å². The summed E-state index contributed by atoms with van der Waals surface area (Å²) in [6.07, 6.45) is 2.80. The van der Waals surface area contributed by atoms with E-state index in [1.807, 2.05) is 30.3 Å². The highest BCUT2D eigenvalue weighted by Gasteiger charge is 2.19. The molecule has 0 saturated carbocycles. The Hall–Kier alpha value is -1.98. The van der Waals surface area contributed by atoms with Crippen LogP contribution in [-0.4, -0.2) is 37.6 Å². The van der Waals surface area contributed by atoms with Crippen LogP contribution in [-0.2, 0) is 14.4 Å². The molecule has 0 aliphatic heterocycles. The molecule has 96 valence electrons. The number of nitrogens with zero attached hydrogens (tertiary/aromatic N) is 1. The zero-order valence-corrected chi connectivity index (χ0v) is 10.4. The van der Waals surface area contributed by atoms with Crippen LogP contribution in [0.1, 0.15) is 5.56 Å². The maximum absolute atomic E-state index is 11.8. The second kappa shape index (κ2) is 7.37. The van der Waals surface area contributed by atoms with E-state index >= 15 is 0 Å². The Morgan fingerprint density at radius 2 is 2.06 bits per heavy atom. The summed E-state index contributed by atoms with van der Waals surface area (Å²) in [6, 6.07) is 9.39. The van der Waals surface area contributed by atoms with Crippen molar-refractivity contribution in [1.82, 2.24) is 10.4 Å². The molecule has 0 aromatic heterocycles. The van der Waals surface area contributed by atoms with E-state index in [2.05, 4.69) is 5.32 Å². The molecule has 1 aromatic rings. The molecule has 0 radical (unpaired) electrons. The van der Waals surface area contributed by atoms with E-state index in [-0.39, 0.29) is 0 Å². The van der Waals surface area contributed by atoms with E-state index in [1.54, 1.807) is 13.1 Å². The van der Waals surface area contributed by atoms with Crippen molar-refractivity contribution in [3.05, 3.63) is 42.0 Å². The monoisotopic (exact) mass is 248 g/mol. The molecule has 0 fully saturated rings. The van der Waals surface area contributed by atoms with Gasteiger partial charge in [0, 0.05) is 6.08 Å². The molecule has 1 amide bonds. The van der Waals surface area contributed by atoms with Gasteiger partial charge < -0.3 is 0 Å². The molecule has 0 aliphatic carbocycles. The highest BCUT2D eigenvalue weighted by molar-refractivity contribution is 5.92. The first kappa shape index (κ1) is 14.1. The van der Waals surface area contributed by atoms with Gasteiger partial charge in [0.15, 0.2) is 12.5 Å². The Balaban J connectivity index is 2.74. The van der Waals surface area contributed by atoms with Gasteiger partial charge in [-0.2, -0.15) is 5.06 Å². The summed E-state index contributed by atoms with van der Waals surface area (Å²) >= 11 is 0. The minimum Gasteiger partial charge on any atom is -0.299 e. The number of carbonyl (C=O) groups excluding carboxylic acids is 2. The Morgan fingerprint density at radius 3 is 2.56 bits per heavy atom. The van der Waals surface area contributed by atoms with Gasteiger partial charge in [0.05, 0.1) is 7.11 Å². The van der Waals surface area contributed by atoms with Crippen molar-refractivity contribution in [3.63, 3.8) is 0 Å². The molecule has 0 spiro atoms. The van der Waals surface area contributed by atoms with Gasteiger partial charge in [0.2, 0.25) is 0 Å². The normalized spacial score (nSPS) is 12.3. The summed E-state index contributed by atoms with van der Waals surface area (Å²) in [6.45, 7) is 0. The predicted octanol–water partition coefficient (Wildman–Crippen LogP) is 0.834. The number of likely N-dealkylation sites (N-methyl/N-ethyl adjacent to an activating group) is 1. The van der Waals surface area contributed by atoms with Crippen molar-refractivity contribution in [2.24, 2.45) is 0 Å². The van der Waals surface area contributed by atoms with Crippen molar-refractivity contribution in [2.75, 3.05) is 14.2 Å². The predicted molar refractivity (Wildman–Crippen MR) is 68.2 cm³/mol. The maximum atomic E-state index is 11.8. The number of rotatable bonds is 6. The summed E-state index contributed by atoms with van der Waals surface area (Å²) in [5, 5.41) is 3.62. The highest BCUT2D eigenvalue weighted by Crippen LogP contribution is 2.03. The number of benzene rings is 1. The molecule has 5 heteroatoms. The average Bonchev–Trinajstić information content (AvgIpc) is 2.43. The minimum absolute atomic E-state index is 0.409. The van der Waals surface area contributed by atoms with Crippen LogP contribution >= 0.6 is 0 Å². The van der Waals surface area contributed by atoms with Crippen LogP contribution < -0.4 is 5.32 Å². The Kier molecular flexibility index (Phi) is 5.76. The lowest BCUT2D eigenvalue weighted by Crippen LogP contribution is -2.47. The Labute approximate surface area is 106 Å². The third-order valence-corrected chi connectivity index (χ3v) is 2.31. The van der Waals surface area contributed by atoms with Crippen LogP contribution in [0.5, 0.6) is 0 Å². The number of aldehydes is 1. The fraction of sp³-hybridized carbons (Fsp3) is 0.231. The van der Waals surface area contributed by atoms with E-state index < -0.39 is 12.1 Å². The molecule has 1 rings (SSSR count). The largest absolute Gasteiger partial charge is 0.299 e. The van der Waals surface area contributed by atoms with Crippen LogP contribution in [0.15, 0.2) is 36.4 Å². The number of carbonyl (C=O) groups is 2. The summed E-state index contributed by atoms with van der Waals surface area (Å²) in [5.41, 5.74) is 0.897. The van der Waals surface area contributed by atoms with Crippen LogP contribution in [0, 0.1) is 0 Å². The first-order chi connectivity index (χ1) is 8.72. The van der Waals surface area contributed by atoms with Crippen molar-refractivity contribution >= 4 is 18.3 Å². The minimum atomic E-state index is -0.803. The van der Waals surface area contributed by atoms with Gasteiger partial charge in [-0.3, -0.25) is 19.7 Å². The lowest BCUT2D eigenvalue weighted by atomic mass is 10.2. The first-order valence-corrected chi connectivity index (χ1v) is 5.46. The zero-order valence-electron chi connectivity index (χ0n) is 10.4. The molecular weight excluding hydrogens is 232 g/mol. The van der Waals surface area contributed by atoms with Gasteiger partial charge in [-0.05, 0) is 18.7 Å². The first-order valence-electron chi connectivity index (χ1n) is 5.46. The van der Waals surface area contributed by atoms with Crippen LogP contribution in [0.4, 0.5) is 0 Å². The third-order valence-electron chi connectivity index (χ3n) is 2.31. The molecule has 1 N–H and O–H groups in total. The van der Waals surface area contributed by atoms with Gasteiger partial charge in [-0.1, -0.05) is 30.3 Å². The van der Waals surface area contributed by atoms with Gasteiger partial charge in [0.1, 0.15) is 0 Å². The van der Waals surface area contributed by atoms with E-state index in [4.69, 9.17) is 4.84 Å². The van der Waals surface area contributed by atoms with Crippen molar-refractivity contribution in [3.8, 4) is 0 Å². The fourth-order valence-electron chi connectivity index (χ4n) is 1.39. The summed E-state index contributed by atoms with van der Waals surface area (Å²) < 4.78 is 0. The van der Waals surface area contributed by atoms with Gasteiger partial charge >= 0.3 is 0 Å². The lowest BCUT2D eigenvalue weighted by molar-refractivity contribution is -0.185. The van der Waals surface area contributed by atoms with Crippen molar-refractivity contribution in [2.45, 2.75) is 6.17 Å². The number of amides is 1. The lowest BCUT2D eigenvalue weighted by Gasteiger charge is -2.23. The Bertz CT molecular complexity index is 418. The molecule has 5 nitrogen and oxygen atoms in total. The molecule has 1 aromatic carbocycles. The quantitative estimate of drug-likeness (QED) is 0.351. The summed E-state index contributed by atoms with van der Waals surface area (Å²) in [7, 11) is 2.90. The maximum Gasteiger partial charge on any atom is 0.272 e. The van der Waals surface area contributed by atoms with E-state index in [9.17, 15) is 9.59 Å². The molecule has 1 unspecified atom stereocenters. The van der Waals surface area contributed by atoms with Crippen LogP contribution in [0.3, 0.4) is 0 Å². The van der Waals surface area contributed by atoms with Crippen LogP contribution in [0.25, 0.3) is 6.08 Å². The zero-order chi connectivity index (χ0) is 13.4. The van der Waals surface area contributed by atoms with Crippen molar-refractivity contribution in [1.29, 1.82) is 0 Å².